The molecule has 132 valence electrons. The van der Waals surface area contributed by atoms with Crippen LogP contribution in [-0.2, 0) is 16.0 Å². The van der Waals surface area contributed by atoms with Crippen molar-refractivity contribution in [1.82, 2.24) is 10.5 Å². The Morgan fingerprint density at radius 1 is 1.19 bits per heavy atom. The smallest absolute Gasteiger partial charge is 0.262 e. The van der Waals surface area contributed by atoms with Gasteiger partial charge in [-0.3, -0.25) is 9.59 Å². The molecule has 1 aliphatic rings. The number of ether oxygens (including phenoxy) is 1. The van der Waals surface area contributed by atoms with Crippen LogP contribution in [0.1, 0.15) is 5.69 Å². The molecule has 7 nitrogen and oxygen atoms in total. The second-order valence-corrected chi connectivity index (χ2v) is 6.00. The normalized spacial score (nSPS) is 16.0. The molecule has 0 saturated carbocycles. The van der Waals surface area contributed by atoms with Gasteiger partial charge in [-0.2, -0.15) is 0 Å². The Morgan fingerprint density at radius 2 is 1.96 bits per heavy atom. The van der Waals surface area contributed by atoms with Crippen LogP contribution >= 0.6 is 0 Å². The summed E-state index contributed by atoms with van der Waals surface area (Å²) in [5, 5.41) is 7.40. The molecule has 7 heteroatoms. The largest absolute Gasteiger partial charge is 0.477 e. The quantitative estimate of drug-likeness (QED) is 0.779. The lowest BCUT2D eigenvalue weighted by Crippen LogP contribution is -2.50. The SMILES string of the molecule is CNC(=O)[C@@H]1CN(C(=O)Cc2noc3ccccc23)c2ccccc2O1. The second kappa shape index (κ2) is 6.51. The highest BCUT2D eigenvalue weighted by atomic mass is 16.5. The Balaban J connectivity index is 1.64. The average Bonchev–Trinajstić information content (AvgIpc) is 3.09. The molecule has 0 fully saturated rings. The first kappa shape index (κ1) is 16.1. The van der Waals surface area contributed by atoms with Gasteiger partial charge in [-0.05, 0) is 24.3 Å². The molecular formula is C19H17N3O4. The van der Waals surface area contributed by atoms with Gasteiger partial charge >= 0.3 is 0 Å². The van der Waals surface area contributed by atoms with E-state index in [0.717, 1.165) is 5.39 Å². The molecule has 26 heavy (non-hydrogen) atoms. The van der Waals surface area contributed by atoms with Crippen molar-refractivity contribution in [2.45, 2.75) is 12.5 Å². The fourth-order valence-electron chi connectivity index (χ4n) is 3.07. The summed E-state index contributed by atoms with van der Waals surface area (Å²) in [5.74, 6) is 0.0589. The van der Waals surface area contributed by atoms with Gasteiger partial charge in [0.2, 0.25) is 5.91 Å². The van der Waals surface area contributed by atoms with Gasteiger partial charge in [0.1, 0.15) is 11.4 Å². The number of benzene rings is 2. The molecule has 0 saturated heterocycles. The number of para-hydroxylation sites is 3. The monoisotopic (exact) mass is 351 g/mol. The highest BCUT2D eigenvalue weighted by molar-refractivity contribution is 5.99. The van der Waals surface area contributed by atoms with Crippen LogP contribution in [0.2, 0.25) is 0 Å². The van der Waals surface area contributed by atoms with Crippen LogP contribution in [0.25, 0.3) is 11.0 Å². The molecule has 4 rings (SSSR count). The number of anilines is 1. The maximum atomic E-state index is 13.0. The number of amides is 2. The van der Waals surface area contributed by atoms with Crippen molar-refractivity contribution in [1.29, 1.82) is 0 Å². The summed E-state index contributed by atoms with van der Waals surface area (Å²) in [4.78, 5) is 26.6. The third-order valence-corrected chi connectivity index (χ3v) is 4.38. The van der Waals surface area contributed by atoms with Crippen molar-refractivity contribution in [2.75, 3.05) is 18.5 Å². The molecule has 0 spiro atoms. The van der Waals surface area contributed by atoms with E-state index in [-0.39, 0.29) is 24.8 Å². The van der Waals surface area contributed by atoms with E-state index in [9.17, 15) is 9.59 Å². The van der Waals surface area contributed by atoms with Crippen LogP contribution in [0.5, 0.6) is 5.75 Å². The van der Waals surface area contributed by atoms with E-state index in [0.29, 0.717) is 22.7 Å². The minimum Gasteiger partial charge on any atom is -0.477 e. The zero-order chi connectivity index (χ0) is 18.1. The van der Waals surface area contributed by atoms with E-state index in [4.69, 9.17) is 9.26 Å². The van der Waals surface area contributed by atoms with E-state index in [1.54, 1.807) is 30.1 Å². The maximum Gasteiger partial charge on any atom is 0.262 e. The summed E-state index contributed by atoms with van der Waals surface area (Å²) in [6.45, 7) is 0.144. The van der Waals surface area contributed by atoms with Gasteiger partial charge in [-0.1, -0.05) is 29.4 Å². The lowest BCUT2D eigenvalue weighted by atomic mass is 10.1. The summed E-state index contributed by atoms with van der Waals surface area (Å²) in [6, 6.07) is 14.6. The topological polar surface area (TPSA) is 84.7 Å². The molecule has 3 aromatic rings. The maximum absolute atomic E-state index is 13.0. The van der Waals surface area contributed by atoms with Crippen LogP contribution in [0.3, 0.4) is 0 Å². The number of aromatic nitrogens is 1. The van der Waals surface area contributed by atoms with Crippen LogP contribution in [0, 0.1) is 0 Å². The van der Waals surface area contributed by atoms with Crippen molar-refractivity contribution >= 4 is 28.5 Å². The number of hydrogen-bond acceptors (Lipinski definition) is 5. The summed E-state index contributed by atoms with van der Waals surface area (Å²) >= 11 is 0. The van der Waals surface area contributed by atoms with E-state index < -0.39 is 6.10 Å². The van der Waals surface area contributed by atoms with Crippen molar-refractivity contribution in [3.05, 3.63) is 54.2 Å². The standard InChI is InChI=1S/C19H17N3O4/c1-20-19(24)17-11-22(14-7-3-5-9-16(14)25-17)18(23)10-13-12-6-2-4-8-15(12)26-21-13/h2-9,17H,10-11H2,1H3,(H,20,24)/t17-/m0/s1. The molecule has 0 unspecified atom stereocenters. The Bertz CT molecular complexity index is 982. The fraction of sp³-hybridized carbons (Fsp3) is 0.211. The molecule has 0 aliphatic carbocycles. The highest BCUT2D eigenvalue weighted by Crippen LogP contribution is 2.33. The minimum atomic E-state index is -0.757. The van der Waals surface area contributed by atoms with Crippen molar-refractivity contribution < 1.29 is 18.8 Å². The predicted molar refractivity (Wildman–Crippen MR) is 95.0 cm³/mol. The molecule has 0 bridgehead atoms. The number of fused-ring (bicyclic) bond motifs is 2. The number of carbonyl (C=O) groups excluding carboxylic acids is 2. The lowest BCUT2D eigenvalue weighted by Gasteiger charge is -2.33. The van der Waals surface area contributed by atoms with Crippen molar-refractivity contribution in [2.24, 2.45) is 0 Å². The Morgan fingerprint density at radius 3 is 2.81 bits per heavy atom. The van der Waals surface area contributed by atoms with E-state index >= 15 is 0 Å². The van der Waals surface area contributed by atoms with Crippen LogP contribution < -0.4 is 15.0 Å². The third-order valence-electron chi connectivity index (χ3n) is 4.38. The number of nitrogens with zero attached hydrogens (tertiary/aromatic N) is 2. The average molecular weight is 351 g/mol. The Labute approximate surface area is 149 Å². The van der Waals surface area contributed by atoms with Gasteiger partial charge < -0.3 is 19.5 Å². The van der Waals surface area contributed by atoms with Gasteiger partial charge in [0.15, 0.2) is 11.7 Å². The van der Waals surface area contributed by atoms with Gasteiger partial charge in [0.05, 0.1) is 18.7 Å². The van der Waals surface area contributed by atoms with E-state index in [1.807, 2.05) is 30.3 Å². The molecule has 1 N–H and O–H groups in total. The zero-order valence-corrected chi connectivity index (χ0v) is 14.1. The number of rotatable bonds is 3. The minimum absolute atomic E-state index is 0.0752. The molecule has 2 aromatic carbocycles. The van der Waals surface area contributed by atoms with Gasteiger partial charge in [0.25, 0.3) is 5.91 Å². The van der Waals surface area contributed by atoms with Crippen LogP contribution in [-0.4, -0.2) is 36.7 Å². The van der Waals surface area contributed by atoms with E-state index in [2.05, 4.69) is 10.5 Å². The number of carbonyl (C=O) groups is 2. The summed E-state index contributed by atoms with van der Waals surface area (Å²) in [7, 11) is 1.54. The van der Waals surface area contributed by atoms with Gasteiger partial charge in [-0.15, -0.1) is 0 Å². The molecule has 0 radical (unpaired) electrons. The first-order valence-corrected chi connectivity index (χ1v) is 8.28. The van der Waals surface area contributed by atoms with E-state index in [1.165, 1.54) is 0 Å². The summed E-state index contributed by atoms with van der Waals surface area (Å²) < 4.78 is 11.0. The van der Waals surface area contributed by atoms with Crippen LogP contribution in [0.4, 0.5) is 5.69 Å². The van der Waals surface area contributed by atoms with Gasteiger partial charge in [-0.25, -0.2) is 0 Å². The number of nitrogens with one attached hydrogen (secondary N) is 1. The predicted octanol–water partition coefficient (Wildman–Crippen LogP) is 1.91. The second-order valence-electron chi connectivity index (χ2n) is 6.00. The van der Waals surface area contributed by atoms with Crippen LogP contribution in [0.15, 0.2) is 53.1 Å². The summed E-state index contributed by atoms with van der Waals surface area (Å²) in [6.07, 6.45) is -0.681. The fourth-order valence-corrected chi connectivity index (χ4v) is 3.07. The van der Waals surface area contributed by atoms with Crippen molar-refractivity contribution in [3.63, 3.8) is 0 Å². The Kier molecular flexibility index (Phi) is 4.04. The first-order chi connectivity index (χ1) is 12.7. The number of likely N-dealkylation sites (N-methyl/N-ethyl adjacent to an activating group) is 1. The zero-order valence-electron chi connectivity index (χ0n) is 14.1. The molecule has 1 atom stereocenters. The van der Waals surface area contributed by atoms with Crippen molar-refractivity contribution in [3.8, 4) is 5.75 Å². The molecule has 2 heterocycles. The third kappa shape index (κ3) is 2.77. The molecule has 2 amide bonds. The summed E-state index contributed by atoms with van der Waals surface area (Å²) in [5.41, 5.74) is 1.86. The number of hydrogen-bond donors (Lipinski definition) is 1. The highest BCUT2D eigenvalue weighted by Gasteiger charge is 2.33. The molecule has 1 aromatic heterocycles. The Hall–Kier alpha value is -3.35. The van der Waals surface area contributed by atoms with Gasteiger partial charge in [0, 0.05) is 12.4 Å². The lowest BCUT2D eigenvalue weighted by molar-refractivity contribution is -0.127. The molecular weight excluding hydrogens is 334 g/mol. The first-order valence-electron chi connectivity index (χ1n) is 8.28. The molecule has 1 aliphatic heterocycles.